The van der Waals surface area contributed by atoms with E-state index in [1.54, 1.807) is 12.1 Å². The average molecular weight is 363 g/mol. The van der Waals surface area contributed by atoms with Gasteiger partial charge in [0.05, 0.1) is 6.54 Å². The number of nitrogens with zero attached hydrogens (tertiary/aromatic N) is 2. The SMILES string of the molecule is CCCN1CCC(CNC(=NCC(C)(C)c2cccc(F)c2)NCC)C1. The van der Waals surface area contributed by atoms with E-state index in [2.05, 4.69) is 43.2 Å². The Kier molecular flexibility index (Phi) is 7.88. The Morgan fingerprint density at radius 1 is 1.31 bits per heavy atom. The molecule has 0 radical (unpaired) electrons. The van der Waals surface area contributed by atoms with Crippen LogP contribution in [0, 0.1) is 11.7 Å². The molecular weight excluding hydrogens is 327 g/mol. The summed E-state index contributed by atoms with van der Waals surface area (Å²) in [5.74, 6) is 1.34. The molecule has 2 N–H and O–H groups in total. The van der Waals surface area contributed by atoms with Crippen molar-refractivity contribution in [1.29, 1.82) is 0 Å². The van der Waals surface area contributed by atoms with Gasteiger partial charge >= 0.3 is 0 Å². The van der Waals surface area contributed by atoms with Crippen LogP contribution in [0.4, 0.5) is 4.39 Å². The normalized spacial score (nSPS) is 19.0. The number of hydrogen-bond acceptors (Lipinski definition) is 2. The monoisotopic (exact) mass is 362 g/mol. The molecule has 5 heteroatoms. The van der Waals surface area contributed by atoms with E-state index in [-0.39, 0.29) is 11.2 Å². The summed E-state index contributed by atoms with van der Waals surface area (Å²) in [4.78, 5) is 7.31. The van der Waals surface area contributed by atoms with Crippen LogP contribution in [0.15, 0.2) is 29.3 Å². The summed E-state index contributed by atoms with van der Waals surface area (Å²) in [7, 11) is 0. The van der Waals surface area contributed by atoms with Crippen molar-refractivity contribution in [1.82, 2.24) is 15.5 Å². The molecule has 1 atom stereocenters. The van der Waals surface area contributed by atoms with Crippen molar-refractivity contribution < 1.29 is 4.39 Å². The molecule has 0 saturated carbocycles. The average Bonchev–Trinajstić information content (AvgIpc) is 3.05. The van der Waals surface area contributed by atoms with Crippen LogP contribution >= 0.6 is 0 Å². The molecule has 1 unspecified atom stereocenters. The zero-order chi connectivity index (χ0) is 19.0. The Bertz CT molecular complexity index is 585. The van der Waals surface area contributed by atoms with Crippen molar-refractivity contribution in [2.24, 2.45) is 10.9 Å². The standard InChI is InChI=1S/C21H35FN4/c1-5-11-26-12-10-17(15-26)14-24-20(23-6-2)25-16-21(3,4)18-8-7-9-19(22)13-18/h7-9,13,17H,5-6,10-12,14-16H2,1-4H3,(H2,23,24,25). The summed E-state index contributed by atoms with van der Waals surface area (Å²) in [6, 6.07) is 6.83. The lowest BCUT2D eigenvalue weighted by Gasteiger charge is -2.24. The van der Waals surface area contributed by atoms with Gasteiger partial charge in [0.25, 0.3) is 0 Å². The zero-order valence-electron chi connectivity index (χ0n) is 16.8. The third-order valence-electron chi connectivity index (χ3n) is 5.05. The van der Waals surface area contributed by atoms with Crippen LogP contribution in [0.3, 0.4) is 0 Å². The zero-order valence-corrected chi connectivity index (χ0v) is 16.8. The molecule has 0 aromatic heterocycles. The first-order valence-corrected chi connectivity index (χ1v) is 9.95. The van der Waals surface area contributed by atoms with E-state index in [4.69, 9.17) is 4.99 Å². The number of aliphatic imine (C=N–C) groups is 1. The summed E-state index contributed by atoms with van der Waals surface area (Å²) in [6.45, 7) is 14.5. The summed E-state index contributed by atoms with van der Waals surface area (Å²) >= 11 is 0. The van der Waals surface area contributed by atoms with Gasteiger partial charge < -0.3 is 15.5 Å². The Morgan fingerprint density at radius 3 is 2.81 bits per heavy atom. The van der Waals surface area contributed by atoms with E-state index in [0.29, 0.717) is 12.5 Å². The smallest absolute Gasteiger partial charge is 0.191 e. The minimum Gasteiger partial charge on any atom is -0.357 e. The lowest BCUT2D eigenvalue weighted by atomic mass is 9.85. The van der Waals surface area contributed by atoms with Crippen molar-refractivity contribution >= 4 is 5.96 Å². The van der Waals surface area contributed by atoms with Crippen LogP contribution in [0.1, 0.15) is 46.1 Å². The Balaban J connectivity index is 1.91. The van der Waals surface area contributed by atoms with Gasteiger partial charge in [-0.15, -0.1) is 0 Å². The van der Waals surface area contributed by atoms with Crippen molar-refractivity contribution in [2.45, 2.75) is 46.0 Å². The maximum atomic E-state index is 13.5. The van der Waals surface area contributed by atoms with E-state index in [1.165, 1.54) is 38.5 Å². The quantitative estimate of drug-likeness (QED) is 0.550. The topological polar surface area (TPSA) is 39.7 Å². The fraction of sp³-hybridized carbons (Fsp3) is 0.667. The second-order valence-electron chi connectivity index (χ2n) is 7.93. The molecule has 1 aliphatic heterocycles. The number of hydrogen-bond donors (Lipinski definition) is 2. The third kappa shape index (κ3) is 6.27. The highest BCUT2D eigenvalue weighted by Crippen LogP contribution is 2.24. The van der Waals surface area contributed by atoms with E-state index in [1.807, 2.05) is 6.07 Å². The van der Waals surface area contributed by atoms with Gasteiger partial charge in [0, 0.05) is 25.0 Å². The van der Waals surface area contributed by atoms with Crippen LogP contribution in [0.5, 0.6) is 0 Å². The van der Waals surface area contributed by atoms with Gasteiger partial charge in [-0.3, -0.25) is 4.99 Å². The fourth-order valence-corrected chi connectivity index (χ4v) is 3.46. The van der Waals surface area contributed by atoms with Crippen molar-refractivity contribution in [2.75, 3.05) is 39.3 Å². The molecule has 26 heavy (non-hydrogen) atoms. The van der Waals surface area contributed by atoms with Crippen LogP contribution in [-0.4, -0.2) is 50.1 Å². The molecule has 0 aliphatic carbocycles. The lowest BCUT2D eigenvalue weighted by Crippen LogP contribution is -2.41. The molecule has 0 amide bonds. The van der Waals surface area contributed by atoms with Gasteiger partial charge in [-0.25, -0.2) is 4.39 Å². The van der Waals surface area contributed by atoms with Gasteiger partial charge in [0.1, 0.15) is 5.82 Å². The summed E-state index contributed by atoms with van der Waals surface area (Å²) in [6.07, 6.45) is 2.47. The summed E-state index contributed by atoms with van der Waals surface area (Å²) < 4.78 is 13.5. The van der Waals surface area contributed by atoms with E-state index in [0.717, 1.165) is 24.6 Å². The Labute approximate surface area is 158 Å². The molecule has 1 fully saturated rings. The van der Waals surface area contributed by atoms with Gasteiger partial charge in [-0.1, -0.05) is 32.9 Å². The molecule has 4 nitrogen and oxygen atoms in total. The minimum absolute atomic E-state index is 0.192. The fourth-order valence-electron chi connectivity index (χ4n) is 3.46. The number of rotatable bonds is 8. The molecule has 1 aromatic rings. The molecule has 1 heterocycles. The first-order valence-electron chi connectivity index (χ1n) is 9.95. The minimum atomic E-state index is -0.213. The van der Waals surface area contributed by atoms with Crippen molar-refractivity contribution in [3.05, 3.63) is 35.6 Å². The Morgan fingerprint density at radius 2 is 2.12 bits per heavy atom. The summed E-state index contributed by atoms with van der Waals surface area (Å²) in [5, 5.41) is 6.83. The van der Waals surface area contributed by atoms with Gasteiger partial charge in [0.2, 0.25) is 0 Å². The number of halogens is 1. The highest BCUT2D eigenvalue weighted by molar-refractivity contribution is 5.79. The van der Waals surface area contributed by atoms with E-state index in [9.17, 15) is 4.39 Å². The van der Waals surface area contributed by atoms with Crippen LogP contribution in [-0.2, 0) is 5.41 Å². The Hall–Kier alpha value is -1.62. The molecule has 2 rings (SSSR count). The maximum absolute atomic E-state index is 13.5. The summed E-state index contributed by atoms with van der Waals surface area (Å²) in [5.41, 5.74) is 0.763. The highest BCUT2D eigenvalue weighted by atomic mass is 19.1. The first-order chi connectivity index (χ1) is 12.4. The lowest BCUT2D eigenvalue weighted by molar-refractivity contribution is 0.324. The molecule has 1 aliphatic rings. The van der Waals surface area contributed by atoms with Crippen molar-refractivity contribution in [3.63, 3.8) is 0 Å². The number of benzene rings is 1. The van der Waals surface area contributed by atoms with Gasteiger partial charge in [0.15, 0.2) is 5.96 Å². The second kappa shape index (κ2) is 9.91. The molecule has 0 spiro atoms. The van der Waals surface area contributed by atoms with Crippen LogP contribution < -0.4 is 10.6 Å². The molecule has 1 aromatic carbocycles. The first kappa shape index (κ1) is 20.7. The molecule has 0 bridgehead atoms. The number of likely N-dealkylation sites (tertiary alicyclic amines) is 1. The predicted molar refractivity (Wildman–Crippen MR) is 108 cm³/mol. The predicted octanol–water partition coefficient (Wildman–Crippen LogP) is 3.39. The van der Waals surface area contributed by atoms with E-state index < -0.39 is 0 Å². The van der Waals surface area contributed by atoms with Crippen molar-refractivity contribution in [3.8, 4) is 0 Å². The van der Waals surface area contributed by atoms with Crippen LogP contribution in [0.2, 0.25) is 0 Å². The number of nitrogens with one attached hydrogen (secondary N) is 2. The number of guanidine groups is 1. The second-order valence-corrected chi connectivity index (χ2v) is 7.93. The van der Waals surface area contributed by atoms with E-state index >= 15 is 0 Å². The maximum Gasteiger partial charge on any atom is 0.191 e. The van der Waals surface area contributed by atoms with Gasteiger partial charge in [-0.05, 0) is 56.5 Å². The van der Waals surface area contributed by atoms with Gasteiger partial charge in [-0.2, -0.15) is 0 Å². The molecule has 1 saturated heterocycles. The molecular formula is C21H35FN4. The van der Waals surface area contributed by atoms with Crippen LogP contribution in [0.25, 0.3) is 0 Å². The molecule has 146 valence electrons. The third-order valence-corrected chi connectivity index (χ3v) is 5.05. The largest absolute Gasteiger partial charge is 0.357 e. The highest BCUT2D eigenvalue weighted by Gasteiger charge is 2.23.